The smallest absolute Gasteiger partial charge is 0.261 e. The summed E-state index contributed by atoms with van der Waals surface area (Å²) in [5.74, 6) is 0. The van der Waals surface area contributed by atoms with Gasteiger partial charge in [-0.25, -0.2) is 0 Å². The van der Waals surface area contributed by atoms with Crippen molar-refractivity contribution in [3.63, 3.8) is 0 Å². The number of hydrogen-bond acceptors (Lipinski definition) is 3. The molecule has 0 atom stereocenters. The first kappa shape index (κ1) is 18.9. The number of rotatable bonds is 7. The average Bonchev–Trinajstić information content (AvgIpc) is 2.33. The Kier molecular flexibility index (Phi) is 11.6. The summed E-state index contributed by atoms with van der Waals surface area (Å²) in [6.07, 6.45) is 13.7. The van der Waals surface area contributed by atoms with Gasteiger partial charge in [-0.3, -0.25) is 4.55 Å². The maximum absolute atomic E-state index is 9.19. The molecule has 0 spiro atoms. The van der Waals surface area contributed by atoms with Gasteiger partial charge in [0.1, 0.15) is 0 Å². The van der Waals surface area contributed by atoms with Crippen LogP contribution in [0, 0.1) is 0 Å². The predicted octanol–water partition coefficient (Wildman–Crippen LogP) is 3.34. The summed E-state index contributed by atoms with van der Waals surface area (Å²) < 4.78 is 25.9. The van der Waals surface area contributed by atoms with Crippen molar-refractivity contribution in [2.24, 2.45) is 0 Å². The van der Waals surface area contributed by atoms with E-state index in [1.807, 2.05) is 0 Å². The maximum Gasteiger partial charge on any atom is 0.261 e. The van der Waals surface area contributed by atoms with Crippen LogP contribution in [-0.4, -0.2) is 43.8 Å². The highest BCUT2D eigenvalue weighted by Crippen LogP contribution is 2.11. The Morgan fingerprint density at radius 2 is 1.42 bits per heavy atom. The minimum atomic E-state index is -3.67. The second-order valence-corrected chi connectivity index (χ2v) is 6.87. The van der Waals surface area contributed by atoms with E-state index in [0.29, 0.717) is 6.26 Å². The molecule has 4 nitrogen and oxygen atoms in total. The molecular weight excluding hydrogens is 262 g/mol. The lowest BCUT2D eigenvalue weighted by atomic mass is 10.1. The van der Waals surface area contributed by atoms with Gasteiger partial charge in [-0.1, -0.05) is 45.4 Å². The van der Waals surface area contributed by atoms with Crippen molar-refractivity contribution in [2.75, 3.05) is 25.9 Å². The summed E-state index contributed by atoms with van der Waals surface area (Å²) in [7, 11) is -3.67. The summed E-state index contributed by atoms with van der Waals surface area (Å²) in [4.78, 5) is 2.66. The Morgan fingerprint density at radius 1 is 0.947 bits per heavy atom. The molecule has 5 heteroatoms. The topological polar surface area (TPSA) is 57.6 Å². The lowest BCUT2D eigenvalue weighted by Crippen LogP contribution is -2.30. The van der Waals surface area contributed by atoms with Gasteiger partial charge in [-0.2, -0.15) is 8.42 Å². The van der Waals surface area contributed by atoms with Crippen molar-refractivity contribution in [3.05, 3.63) is 0 Å². The first-order valence-electron chi connectivity index (χ1n) is 7.58. The molecule has 0 unspecified atom stereocenters. The van der Waals surface area contributed by atoms with Gasteiger partial charge in [-0.05, 0) is 38.9 Å². The van der Waals surface area contributed by atoms with E-state index in [0.717, 1.165) is 0 Å². The molecule has 1 rings (SSSR count). The molecule has 0 bridgehead atoms. The minimum absolute atomic E-state index is 0.715. The largest absolute Gasteiger partial charge is 0.303 e. The Morgan fingerprint density at radius 3 is 1.95 bits per heavy atom. The number of nitrogens with zero attached hydrogens (tertiary/aromatic N) is 1. The Labute approximate surface area is 119 Å². The van der Waals surface area contributed by atoms with Crippen LogP contribution in [0.25, 0.3) is 0 Å². The fourth-order valence-corrected chi connectivity index (χ4v) is 2.30. The summed E-state index contributed by atoms with van der Waals surface area (Å²) in [5, 5.41) is 0. The second kappa shape index (κ2) is 11.7. The van der Waals surface area contributed by atoms with E-state index in [-0.39, 0.29) is 0 Å². The second-order valence-electron chi connectivity index (χ2n) is 5.40. The van der Waals surface area contributed by atoms with Crippen LogP contribution >= 0.6 is 0 Å². The van der Waals surface area contributed by atoms with Crippen LogP contribution in [0.15, 0.2) is 0 Å². The van der Waals surface area contributed by atoms with Crippen LogP contribution in [0.2, 0.25) is 0 Å². The van der Waals surface area contributed by atoms with E-state index in [2.05, 4.69) is 11.8 Å². The molecule has 0 radical (unpaired) electrons. The number of piperidine rings is 1. The Hall–Kier alpha value is -0.130. The van der Waals surface area contributed by atoms with Crippen molar-refractivity contribution in [2.45, 2.75) is 64.7 Å². The number of likely N-dealkylation sites (tertiary alicyclic amines) is 1. The standard InChI is InChI=1S/C13H27N.CH4O3S/c1-2-3-4-5-6-8-11-14-12-9-7-10-13-14;1-5(2,3)4/h2-13H2,1H3;1H3,(H,2,3,4). The van der Waals surface area contributed by atoms with Crippen LogP contribution in [0.1, 0.15) is 64.7 Å². The van der Waals surface area contributed by atoms with Crippen molar-refractivity contribution in [1.29, 1.82) is 0 Å². The van der Waals surface area contributed by atoms with Crippen molar-refractivity contribution < 1.29 is 13.0 Å². The van der Waals surface area contributed by atoms with Crippen molar-refractivity contribution in [3.8, 4) is 0 Å². The molecule has 116 valence electrons. The third-order valence-corrected chi connectivity index (χ3v) is 3.28. The van der Waals surface area contributed by atoms with Gasteiger partial charge < -0.3 is 4.90 Å². The molecule has 1 saturated heterocycles. The van der Waals surface area contributed by atoms with E-state index < -0.39 is 10.1 Å². The Balaban J connectivity index is 0.000000555. The summed E-state index contributed by atoms with van der Waals surface area (Å²) in [5.41, 5.74) is 0. The molecule has 0 aromatic rings. The number of hydrogen-bond donors (Lipinski definition) is 1. The summed E-state index contributed by atoms with van der Waals surface area (Å²) in [6.45, 7) is 6.39. The zero-order valence-electron chi connectivity index (χ0n) is 12.6. The zero-order chi connectivity index (χ0) is 14.6. The zero-order valence-corrected chi connectivity index (χ0v) is 13.4. The quantitative estimate of drug-likeness (QED) is 0.578. The highest BCUT2D eigenvalue weighted by Gasteiger charge is 2.08. The van der Waals surface area contributed by atoms with Gasteiger partial charge in [0.15, 0.2) is 0 Å². The van der Waals surface area contributed by atoms with Gasteiger partial charge in [0.2, 0.25) is 0 Å². The molecule has 1 N–H and O–H groups in total. The maximum atomic E-state index is 9.19. The molecule has 19 heavy (non-hydrogen) atoms. The monoisotopic (exact) mass is 293 g/mol. The molecule has 1 aliphatic heterocycles. The average molecular weight is 293 g/mol. The molecule has 0 aromatic heterocycles. The fraction of sp³-hybridized carbons (Fsp3) is 1.00. The van der Waals surface area contributed by atoms with Crippen LogP contribution in [0.5, 0.6) is 0 Å². The summed E-state index contributed by atoms with van der Waals surface area (Å²) in [6, 6.07) is 0. The van der Waals surface area contributed by atoms with Gasteiger partial charge >= 0.3 is 0 Å². The first-order valence-corrected chi connectivity index (χ1v) is 9.43. The van der Waals surface area contributed by atoms with E-state index in [4.69, 9.17) is 4.55 Å². The van der Waals surface area contributed by atoms with Crippen LogP contribution in [-0.2, 0) is 10.1 Å². The van der Waals surface area contributed by atoms with E-state index >= 15 is 0 Å². The van der Waals surface area contributed by atoms with Gasteiger partial charge in [0, 0.05) is 0 Å². The fourth-order valence-electron chi connectivity index (χ4n) is 2.30. The van der Waals surface area contributed by atoms with E-state index in [9.17, 15) is 8.42 Å². The number of unbranched alkanes of at least 4 members (excludes halogenated alkanes) is 5. The lowest BCUT2D eigenvalue weighted by Gasteiger charge is -2.26. The molecule has 0 amide bonds. The molecule has 0 saturated carbocycles. The van der Waals surface area contributed by atoms with Crippen LogP contribution < -0.4 is 0 Å². The highest BCUT2D eigenvalue weighted by atomic mass is 32.2. The molecule has 1 aliphatic rings. The predicted molar refractivity (Wildman–Crippen MR) is 81.1 cm³/mol. The van der Waals surface area contributed by atoms with Crippen molar-refractivity contribution in [1.82, 2.24) is 4.90 Å². The first-order chi connectivity index (χ1) is 8.93. The molecular formula is C14H31NO3S. The normalized spacial score (nSPS) is 16.8. The molecule has 1 heterocycles. The molecule has 0 aromatic carbocycles. The van der Waals surface area contributed by atoms with Crippen LogP contribution in [0.4, 0.5) is 0 Å². The highest BCUT2D eigenvalue weighted by molar-refractivity contribution is 7.85. The van der Waals surface area contributed by atoms with E-state index in [1.165, 1.54) is 77.4 Å². The van der Waals surface area contributed by atoms with Gasteiger partial charge in [0.25, 0.3) is 10.1 Å². The third-order valence-electron chi connectivity index (χ3n) is 3.28. The Bertz CT molecular complexity index is 277. The van der Waals surface area contributed by atoms with Gasteiger partial charge in [0.05, 0.1) is 6.26 Å². The summed E-state index contributed by atoms with van der Waals surface area (Å²) >= 11 is 0. The van der Waals surface area contributed by atoms with Gasteiger partial charge in [-0.15, -0.1) is 0 Å². The van der Waals surface area contributed by atoms with Crippen molar-refractivity contribution >= 4 is 10.1 Å². The SMILES string of the molecule is CCCCCCCCN1CCCCC1.CS(=O)(=O)O. The van der Waals surface area contributed by atoms with Crippen LogP contribution in [0.3, 0.4) is 0 Å². The lowest BCUT2D eigenvalue weighted by molar-refractivity contribution is 0.224. The molecule has 0 aliphatic carbocycles. The van der Waals surface area contributed by atoms with E-state index in [1.54, 1.807) is 0 Å². The molecule has 1 fully saturated rings. The minimum Gasteiger partial charge on any atom is -0.303 e. The third kappa shape index (κ3) is 17.9.